The highest BCUT2D eigenvalue weighted by atomic mass is 35.5. The van der Waals surface area contributed by atoms with Gasteiger partial charge in [0.05, 0.1) is 26.8 Å². The van der Waals surface area contributed by atoms with Crippen LogP contribution in [0.1, 0.15) is 28.1 Å². The monoisotopic (exact) mass is 582 g/mol. The summed E-state index contributed by atoms with van der Waals surface area (Å²) >= 11 is 12.3. The van der Waals surface area contributed by atoms with Crippen molar-refractivity contribution in [2.45, 2.75) is 32.6 Å². The molecule has 0 unspecified atom stereocenters. The number of hydrogen-bond donors (Lipinski definition) is 1. The van der Waals surface area contributed by atoms with E-state index >= 15 is 0 Å². The van der Waals surface area contributed by atoms with E-state index in [1.807, 2.05) is 56.5 Å². The number of nitrogens with zero attached hydrogens (tertiary/aromatic N) is 3. The van der Waals surface area contributed by atoms with Crippen molar-refractivity contribution in [3.63, 3.8) is 0 Å². The highest BCUT2D eigenvalue weighted by molar-refractivity contribution is 7.92. The number of amides is 1. The topological polar surface area (TPSA) is 83.8 Å². The molecule has 0 aliphatic heterocycles. The maximum atomic E-state index is 13.6. The first-order chi connectivity index (χ1) is 18.5. The van der Waals surface area contributed by atoms with E-state index in [1.54, 1.807) is 36.4 Å². The molecule has 0 aliphatic rings. The number of hydrogen-bond acceptors (Lipinski definition) is 4. The van der Waals surface area contributed by atoms with Crippen LogP contribution in [0.4, 0.5) is 5.69 Å². The zero-order valence-electron chi connectivity index (χ0n) is 21.9. The summed E-state index contributed by atoms with van der Waals surface area (Å²) in [5, 5.41) is 5.03. The van der Waals surface area contributed by atoms with Gasteiger partial charge in [-0.15, -0.1) is 0 Å². The van der Waals surface area contributed by atoms with Gasteiger partial charge in [-0.25, -0.2) is 13.8 Å². The second-order valence-corrected chi connectivity index (χ2v) is 11.8. The van der Waals surface area contributed by atoms with Crippen molar-refractivity contribution in [2.75, 3.05) is 10.8 Å². The average molecular weight is 584 g/mol. The Kier molecular flexibility index (Phi) is 8.49. The molecule has 4 aromatic rings. The fourth-order valence-electron chi connectivity index (χ4n) is 4.38. The molecule has 1 N–H and O–H groups in total. The number of benzene rings is 3. The summed E-state index contributed by atoms with van der Waals surface area (Å²) in [5.41, 5.74) is 8.07. The van der Waals surface area contributed by atoms with Crippen LogP contribution >= 0.6 is 23.2 Å². The van der Waals surface area contributed by atoms with E-state index in [0.717, 1.165) is 38.1 Å². The Morgan fingerprint density at radius 2 is 1.67 bits per heavy atom. The highest BCUT2D eigenvalue weighted by Gasteiger charge is 2.28. The molecule has 1 aromatic heterocycles. The molecule has 39 heavy (non-hydrogen) atoms. The van der Waals surface area contributed by atoms with Crippen LogP contribution in [0.5, 0.6) is 0 Å². The van der Waals surface area contributed by atoms with Crippen LogP contribution in [0.2, 0.25) is 10.0 Å². The summed E-state index contributed by atoms with van der Waals surface area (Å²) in [6.45, 7) is 7.16. The number of carbonyl (C=O) groups is 1. The fraction of sp³-hybridized carbons (Fsp3) is 0.172. The molecule has 4 rings (SSSR count). The van der Waals surface area contributed by atoms with Crippen LogP contribution in [-0.4, -0.2) is 31.7 Å². The number of rotatable bonds is 8. The second-order valence-electron chi connectivity index (χ2n) is 9.17. The molecule has 3 aromatic carbocycles. The molecule has 0 bridgehead atoms. The van der Waals surface area contributed by atoms with E-state index in [2.05, 4.69) is 10.5 Å². The lowest BCUT2D eigenvalue weighted by Gasteiger charge is -2.25. The molecule has 202 valence electrons. The summed E-state index contributed by atoms with van der Waals surface area (Å²) in [6, 6.07) is 20.7. The Morgan fingerprint density at radius 3 is 2.33 bits per heavy atom. The Labute approximate surface area is 238 Å². The smallest absolute Gasteiger partial charge is 0.264 e. The number of nitrogens with one attached hydrogen (secondary N) is 1. The maximum Gasteiger partial charge on any atom is 0.264 e. The normalized spacial score (nSPS) is 11.6. The third-order valence-electron chi connectivity index (χ3n) is 6.26. The molecule has 0 aliphatic carbocycles. The van der Waals surface area contributed by atoms with E-state index in [1.165, 1.54) is 18.3 Å². The number of aryl methyl sites for hydroxylation is 3. The largest absolute Gasteiger partial charge is 0.318 e. The molecule has 10 heteroatoms. The third-order valence-corrected chi connectivity index (χ3v) is 8.78. The number of hydrazone groups is 1. The quantitative estimate of drug-likeness (QED) is 0.194. The van der Waals surface area contributed by atoms with E-state index in [0.29, 0.717) is 15.7 Å². The van der Waals surface area contributed by atoms with E-state index < -0.39 is 22.5 Å². The van der Waals surface area contributed by atoms with Gasteiger partial charge in [-0.2, -0.15) is 5.10 Å². The fourth-order valence-corrected chi connectivity index (χ4v) is 6.18. The first-order valence-electron chi connectivity index (χ1n) is 12.1. The SMILES string of the molecule is Cc1ccc(N(CC(=O)N/N=C\c2cc(C)n(-c3ccc(Cl)c(Cl)c3)c2C)S(=O)(=O)c2ccccc2)c(C)c1. The number of anilines is 1. The molecule has 0 spiro atoms. The summed E-state index contributed by atoms with van der Waals surface area (Å²) in [6.07, 6.45) is 1.53. The van der Waals surface area contributed by atoms with Crippen molar-refractivity contribution >= 4 is 51.0 Å². The lowest BCUT2D eigenvalue weighted by molar-refractivity contribution is -0.119. The van der Waals surface area contributed by atoms with Crippen molar-refractivity contribution < 1.29 is 13.2 Å². The molecule has 0 saturated heterocycles. The van der Waals surface area contributed by atoms with Gasteiger partial charge in [-0.05, 0) is 75.7 Å². The highest BCUT2D eigenvalue weighted by Crippen LogP contribution is 2.28. The first-order valence-corrected chi connectivity index (χ1v) is 14.3. The van der Waals surface area contributed by atoms with Crippen molar-refractivity contribution in [1.29, 1.82) is 0 Å². The van der Waals surface area contributed by atoms with Gasteiger partial charge in [0.25, 0.3) is 15.9 Å². The van der Waals surface area contributed by atoms with Crippen molar-refractivity contribution in [2.24, 2.45) is 5.10 Å². The van der Waals surface area contributed by atoms with Crippen LogP contribution in [0.3, 0.4) is 0 Å². The number of halogens is 2. The van der Waals surface area contributed by atoms with Crippen LogP contribution in [0, 0.1) is 27.7 Å². The molecule has 1 amide bonds. The third kappa shape index (κ3) is 6.19. The lowest BCUT2D eigenvalue weighted by Crippen LogP contribution is -2.40. The zero-order chi connectivity index (χ0) is 28.3. The van der Waals surface area contributed by atoms with Gasteiger partial charge in [-0.1, -0.05) is 59.1 Å². The molecular formula is C29H28Cl2N4O3S. The molecule has 7 nitrogen and oxygen atoms in total. The number of carbonyl (C=O) groups excluding carboxylic acids is 1. The van der Waals surface area contributed by atoms with E-state index in [4.69, 9.17) is 23.2 Å². The van der Waals surface area contributed by atoms with Gasteiger partial charge in [-0.3, -0.25) is 9.10 Å². The Bertz CT molecular complexity index is 1670. The Balaban J connectivity index is 1.57. The molecular weight excluding hydrogens is 555 g/mol. The average Bonchev–Trinajstić information content (AvgIpc) is 3.17. The minimum absolute atomic E-state index is 0.0935. The maximum absolute atomic E-state index is 13.6. The summed E-state index contributed by atoms with van der Waals surface area (Å²) in [5.74, 6) is -0.580. The summed E-state index contributed by atoms with van der Waals surface area (Å²) < 4.78 is 30.2. The molecule has 0 saturated carbocycles. The molecule has 0 radical (unpaired) electrons. The minimum atomic E-state index is -4.01. The predicted molar refractivity (Wildman–Crippen MR) is 158 cm³/mol. The number of sulfonamides is 1. The number of aromatic nitrogens is 1. The lowest BCUT2D eigenvalue weighted by atomic mass is 10.1. The minimum Gasteiger partial charge on any atom is -0.318 e. The summed E-state index contributed by atoms with van der Waals surface area (Å²) in [4.78, 5) is 13.1. The van der Waals surface area contributed by atoms with Crippen molar-refractivity contribution in [3.05, 3.63) is 111 Å². The van der Waals surface area contributed by atoms with Gasteiger partial charge >= 0.3 is 0 Å². The van der Waals surface area contributed by atoms with Crippen molar-refractivity contribution in [1.82, 2.24) is 9.99 Å². The van der Waals surface area contributed by atoms with E-state index in [-0.39, 0.29) is 4.90 Å². The summed E-state index contributed by atoms with van der Waals surface area (Å²) in [7, 11) is -4.01. The van der Waals surface area contributed by atoms with Gasteiger partial charge in [0.1, 0.15) is 6.54 Å². The predicted octanol–water partition coefficient (Wildman–Crippen LogP) is 6.36. The van der Waals surface area contributed by atoms with Gasteiger partial charge in [0.15, 0.2) is 0 Å². The van der Waals surface area contributed by atoms with Crippen LogP contribution in [0.25, 0.3) is 5.69 Å². The van der Waals surface area contributed by atoms with Crippen LogP contribution in [-0.2, 0) is 14.8 Å². The van der Waals surface area contributed by atoms with Crippen LogP contribution in [0.15, 0.2) is 82.8 Å². The van der Waals surface area contributed by atoms with Gasteiger partial charge in [0, 0.05) is 22.6 Å². The first kappa shape index (κ1) is 28.4. The molecule has 0 atom stereocenters. The van der Waals surface area contributed by atoms with Gasteiger partial charge in [0.2, 0.25) is 0 Å². The van der Waals surface area contributed by atoms with Crippen molar-refractivity contribution in [3.8, 4) is 5.69 Å². The van der Waals surface area contributed by atoms with Gasteiger partial charge < -0.3 is 4.57 Å². The molecule has 0 fully saturated rings. The standard InChI is InChI=1S/C29H28Cl2N4O3S/c1-19-10-13-28(20(2)14-19)34(39(37,38)25-8-6-5-7-9-25)18-29(36)33-32-17-23-15-21(3)35(22(23)4)24-11-12-26(30)27(31)16-24/h5-17H,18H2,1-4H3,(H,33,36)/b32-17-. The zero-order valence-corrected chi connectivity index (χ0v) is 24.3. The second kappa shape index (κ2) is 11.7. The Morgan fingerprint density at radius 1 is 0.949 bits per heavy atom. The van der Waals surface area contributed by atoms with Crippen LogP contribution < -0.4 is 9.73 Å². The molecule has 1 heterocycles. The Hall–Kier alpha value is -3.59. The van der Waals surface area contributed by atoms with E-state index in [9.17, 15) is 13.2 Å².